The van der Waals surface area contributed by atoms with Gasteiger partial charge < -0.3 is 16.0 Å². The fourth-order valence-corrected chi connectivity index (χ4v) is 6.02. The van der Waals surface area contributed by atoms with Crippen molar-refractivity contribution in [2.24, 2.45) is 0 Å². The summed E-state index contributed by atoms with van der Waals surface area (Å²) in [4.78, 5) is 18.9. The quantitative estimate of drug-likeness (QED) is 0.633. The number of carbonyl (C=O) groups is 1. The summed E-state index contributed by atoms with van der Waals surface area (Å²) in [5, 5.41) is 11.0. The molecule has 5 nitrogen and oxygen atoms in total. The van der Waals surface area contributed by atoms with Gasteiger partial charge in [0.2, 0.25) is 0 Å². The van der Waals surface area contributed by atoms with E-state index in [4.69, 9.17) is 0 Å². The lowest BCUT2D eigenvalue weighted by Crippen LogP contribution is -2.47. The third-order valence-corrected chi connectivity index (χ3v) is 7.22. The zero-order valence-electron chi connectivity index (χ0n) is 14.2. The van der Waals surface area contributed by atoms with Crippen LogP contribution in [0.5, 0.6) is 0 Å². The van der Waals surface area contributed by atoms with Crippen LogP contribution in [-0.2, 0) is 0 Å². The average Bonchev–Trinajstić information content (AvgIpc) is 3.29. The van der Waals surface area contributed by atoms with Crippen molar-refractivity contribution in [1.29, 1.82) is 0 Å². The molecular formula is C19H20N4OS2. The highest BCUT2D eigenvalue weighted by Crippen LogP contribution is 2.34. The Kier molecular flexibility index (Phi) is 4.15. The highest BCUT2D eigenvalue weighted by molar-refractivity contribution is 7.29. The number of fused-ring (bicyclic) bond motifs is 3. The minimum absolute atomic E-state index is 0.0454. The Morgan fingerprint density at radius 3 is 2.62 bits per heavy atom. The number of hydrogen-bond acceptors (Lipinski definition) is 6. The summed E-state index contributed by atoms with van der Waals surface area (Å²) in [6.07, 6.45) is 4.58. The first-order valence-electron chi connectivity index (χ1n) is 9.02. The molecule has 7 heteroatoms. The van der Waals surface area contributed by atoms with Crippen LogP contribution in [0, 0.1) is 0 Å². The summed E-state index contributed by atoms with van der Waals surface area (Å²) in [5.74, 6) is 0.0454. The molecule has 2 unspecified atom stereocenters. The van der Waals surface area contributed by atoms with Crippen molar-refractivity contribution in [2.75, 3.05) is 5.32 Å². The topological polar surface area (TPSA) is 66.1 Å². The van der Waals surface area contributed by atoms with Gasteiger partial charge in [-0.25, -0.2) is 4.98 Å². The van der Waals surface area contributed by atoms with Crippen LogP contribution in [0.3, 0.4) is 0 Å². The summed E-state index contributed by atoms with van der Waals surface area (Å²) in [6.45, 7) is 0. The predicted octanol–water partition coefficient (Wildman–Crippen LogP) is 4.11. The third-order valence-electron chi connectivity index (χ3n) is 5.15. The minimum Gasteiger partial charge on any atom is -0.348 e. The first kappa shape index (κ1) is 16.2. The summed E-state index contributed by atoms with van der Waals surface area (Å²) < 4.78 is 1.06. The number of anilines is 2. The predicted molar refractivity (Wildman–Crippen MR) is 108 cm³/mol. The molecule has 1 amide bonds. The molecule has 0 saturated carbocycles. The molecule has 5 rings (SSSR count). The Labute approximate surface area is 159 Å². The van der Waals surface area contributed by atoms with E-state index in [0.29, 0.717) is 18.1 Å². The van der Waals surface area contributed by atoms with Crippen molar-refractivity contribution in [3.05, 3.63) is 41.3 Å². The lowest BCUT2D eigenvalue weighted by Gasteiger charge is -2.29. The number of benzene rings is 1. The van der Waals surface area contributed by atoms with E-state index in [0.717, 1.165) is 38.1 Å². The Bertz CT molecular complexity index is 892. The lowest BCUT2D eigenvalue weighted by molar-refractivity contribution is 0.0928. The van der Waals surface area contributed by atoms with Crippen LogP contribution in [0.4, 0.5) is 10.8 Å². The molecular weight excluding hydrogens is 364 g/mol. The fraction of sp³-hybridized carbons (Fsp3) is 0.368. The van der Waals surface area contributed by atoms with E-state index < -0.39 is 0 Å². The van der Waals surface area contributed by atoms with Gasteiger partial charge in [-0.1, -0.05) is 29.5 Å². The van der Waals surface area contributed by atoms with Gasteiger partial charge in [-0.05, 0) is 43.9 Å². The SMILES string of the molecule is O=C(NC1CC2CCC(C1)N2)c1cc2sc(Nc3ccccc3)nc2s1. The molecule has 2 bridgehead atoms. The van der Waals surface area contributed by atoms with E-state index in [1.807, 2.05) is 36.4 Å². The highest BCUT2D eigenvalue weighted by atomic mass is 32.1. The fourth-order valence-electron chi connectivity index (χ4n) is 3.98. The van der Waals surface area contributed by atoms with Crippen LogP contribution in [-0.4, -0.2) is 29.0 Å². The molecule has 0 aliphatic carbocycles. The van der Waals surface area contributed by atoms with Crippen molar-refractivity contribution in [2.45, 2.75) is 43.8 Å². The van der Waals surface area contributed by atoms with E-state index in [-0.39, 0.29) is 5.91 Å². The third kappa shape index (κ3) is 3.22. The van der Waals surface area contributed by atoms with Crippen LogP contribution in [0.1, 0.15) is 35.4 Å². The monoisotopic (exact) mass is 384 g/mol. The lowest BCUT2D eigenvalue weighted by atomic mass is 10.00. The van der Waals surface area contributed by atoms with Crippen LogP contribution in [0.15, 0.2) is 36.4 Å². The van der Waals surface area contributed by atoms with Gasteiger partial charge in [0.15, 0.2) is 5.13 Å². The molecule has 0 radical (unpaired) electrons. The molecule has 0 spiro atoms. The molecule has 134 valence electrons. The molecule has 2 fully saturated rings. The largest absolute Gasteiger partial charge is 0.348 e. The van der Waals surface area contributed by atoms with Gasteiger partial charge >= 0.3 is 0 Å². The molecule has 3 N–H and O–H groups in total. The number of para-hydroxylation sites is 1. The number of rotatable bonds is 4. The Hall–Kier alpha value is -1.96. The van der Waals surface area contributed by atoms with E-state index in [9.17, 15) is 4.79 Å². The number of nitrogens with zero attached hydrogens (tertiary/aromatic N) is 1. The van der Waals surface area contributed by atoms with Gasteiger partial charge in [-0.2, -0.15) is 0 Å². The van der Waals surface area contributed by atoms with Crippen molar-refractivity contribution in [3.8, 4) is 0 Å². The molecule has 3 aromatic rings. The van der Waals surface area contributed by atoms with E-state index >= 15 is 0 Å². The van der Waals surface area contributed by atoms with Gasteiger partial charge in [0.1, 0.15) is 4.83 Å². The Morgan fingerprint density at radius 2 is 1.88 bits per heavy atom. The number of aromatic nitrogens is 1. The summed E-state index contributed by atoms with van der Waals surface area (Å²) in [5.41, 5.74) is 1.02. The minimum atomic E-state index is 0.0454. The van der Waals surface area contributed by atoms with Crippen molar-refractivity contribution in [1.82, 2.24) is 15.6 Å². The second kappa shape index (κ2) is 6.64. The Morgan fingerprint density at radius 1 is 1.12 bits per heavy atom. The second-order valence-corrected chi connectivity index (χ2v) is 9.13. The molecule has 2 aliphatic heterocycles. The Balaban J connectivity index is 1.27. The number of hydrogen-bond donors (Lipinski definition) is 3. The van der Waals surface area contributed by atoms with Gasteiger partial charge in [-0.15, -0.1) is 11.3 Å². The normalized spacial score (nSPS) is 24.7. The summed E-state index contributed by atoms with van der Waals surface area (Å²) >= 11 is 3.06. The zero-order valence-corrected chi connectivity index (χ0v) is 15.8. The van der Waals surface area contributed by atoms with E-state index in [1.165, 1.54) is 24.2 Å². The van der Waals surface area contributed by atoms with Gasteiger partial charge in [-0.3, -0.25) is 4.79 Å². The summed E-state index contributed by atoms with van der Waals surface area (Å²) in [7, 11) is 0. The zero-order chi connectivity index (χ0) is 17.5. The van der Waals surface area contributed by atoms with Crippen molar-refractivity contribution < 1.29 is 4.79 Å². The molecule has 1 aromatic carbocycles. The molecule has 2 aliphatic rings. The van der Waals surface area contributed by atoms with E-state index in [1.54, 1.807) is 11.3 Å². The molecule has 26 heavy (non-hydrogen) atoms. The van der Waals surface area contributed by atoms with Gasteiger partial charge in [0.25, 0.3) is 5.91 Å². The number of amides is 1. The molecule has 2 saturated heterocycles. The number of carbonyl (C=O) groups excluding carboxylic acids is 1. The maximum absolute atomic E-state index is 12.6. The van der Waals surface area contributed by atoms with Crippen LogP contribution < -0.4 is 16.0 Å². The highest BCUT2D eigenvalue weighted by Gasteiger charge is 2.34. The standard InChI is InChI=1S/C19H20N4OS2/c24-17(21-14-8-12-6-7-13(9-14)20-12)15-10-16-18(25-15)23-19(26-16)22-11-4-2-1-3-5-11/h1-5,10,12-14,20H,6-9H2,(H,21,24)(H,22,23). The van der Waals surface area contributed by atoms with Crippen LogP contribution in [0.2, 0.25) is 0 Å². The van der Waals surface area contributed by atoms with Crippen LogP contribution in [0.25, 0.3) is 9.53 Å². The van der Waals surface area contributed by atoms with Crippen molar-refractivity contribution >= 4 is 48.9 Å². The number of piperidine rings is 1. The second-order valence-electron chi connectivity index (χ2n) is 7.07. The van der Waals surface area contributed by atoms with Gasteiger partial charge in [0.05, 0.1) is 9.58 Å². The molecule has 2 aromatic heterocycles. The molecule has 4 heterocycles. The smallest absolute Gasteiger partial charge is 0.261 e. The average molecular weight is 385 g/mol. The molecule has 2 atom stereocenters. The van der Waals surface area contributed by atoms with Crippen molar-refractivity contribution in [3.63, 3.8) is 0 Å². The maximum atomic E-state index is 12.6. The summed E-state index contributed by atoms with van der Waals surface area (Å²) in [6, 6.07) is 13.4. The number of thiophene rings is 1. The van der Waals surface area contributed by atoms with E-state index in [2.05, 4.69) is 20.9 Å². The van der Waals surface area contributed by atoms with Gasteiger partial charge in [0, 0.05) is 23.8 Å². The number of thiazole rings is 1. The first-order valence-corrected chi connectivity index (χ1v) is 10.7. The number of nitrogens with one attached hydrogen (secondary N) is 3. The van der Waals surface area contributed by atoms with Crippen LogP contribution >= 0.6 is 22.7 Å². The first-order chi connectivity index (χ1) is 12.7. The maximum Gasteiger partial charge on any atom is 0.261 e.